The van der Waals surface area contributed by atoms with E-state index in [9.17, 15) is 4.79 Å². The summed E-state index contributed by atoms with van der Waals surface area (Å²) in [6, 6.07) is 3.63. The van der Waals surface area contributed by atoms with Crippen LogP contribution in [0.1, 0.15) is 19.8 Å². The van der Waals surface area contributed by atoms with Gasteiger partial charge in [-0.2, -0.15) is 0 Å². The third-order valence-corrected chi connectivity index (χ3v) is 3.77. The zero-order valence-corrected chi connectivity index (χ0v) is 10.4. The van der Waals surface area contributed by atoms with Gasteiger partial charge in [-0.05, 0) is 18.4 Å². The van der Waals surface area contributed by atoms with Crippen molar-refractivity contribution < 1.29 is 4.42 Å². The second-order valence-electron chi connectivity index (χ2n) is 4.93. The Labute approximate surface area is 105 Å². The number of H-pyrrole nitrogens is 1. The molecule has 5 nitrogen and oxygen atoms in total. The minimum Gasteiger partial charge on any atom is -0.408 e. The number of nitrogens with one attached hydrogen (secondary N) is 1. The number of benzene rings is 1. The number of aromatic nitrogens is 1. The molecule has 1 saturated heterocycles. The summed E-state index contributed by atoms with van der Waals surface area (Å²) in [6.07, 6.45) is 2.40. The maximum absolute atomic E-state index is 11.2. The van der Waals surface area contributed by atoms with Crippen molar-refractivity contribution in [3.8, 4) is 0 Å². The molecular weight excluding hydrogens is 230 g/mol. The van der Waals surface area contributed by atoms with Crippen LogP contribution in [0.25, 0.3) is 11.1 Å². The van der Waals surface area contributed by atoms with Crippen molar-refractivity contribution in [1.82, 2.24) is 4.98 Å². The minimum absolute atomic E-state index is 0.436. The van der Waals surface area contributed by atoms with Gasteiger partial charge < -0.3 is 15.1 Å². The molecule has 1 atom stereocenters. The van der Waals surface area contributed by atoms with Crippen molar-refractivity contribution in [3.63, 3.8) is 0 Å². The second kappa shape index (κ2) is 4.08. The van der Waals surface area contributed by atoms with E-state index < -0.39 is 5.76 Å². The highest BCUT2D eigenvalue weighted by atomic mass is 16.4. The van der Waals surface area contributed by atoms with E-state index in [1.54, 1.807) is 6.07 Å². The predicted octanol–water partition coefficient (Wildman–Crippen LogP) is 1.94. The normalized spacial score (nSPS) is 19.8. The summed E-state index contributed by atoms with van der Waals surface area (Å²) < 4.78 is 5.00. The molecular formula is C13H17N3O2. The maximum atomic E-state index is 11.2. The predicted molar refractivity (Wildman–Crippen MR) is 71.9 cm³/mol. The zero-order valence-electron chi connectivity index (χ0n) is 10.4. The minimum atomic E-state index is -0.436. The topological polar surface area (TPSA) is 75.3 Å². The fourth-order valence-corrected chi connectivity index (χ4v) is 2.66. The van der Waals surface area contributed by atoms with Gasteiger partial charge in [-0.1, -0.05) is 13.3 Å². The van der Waals surface area contributed by atoms with Crippen molar-refractivity contribution in [3.05, 3.63) is 22.7 Å². The summed E-state index contributed by atoms with van der Waals surface area (Å²) in [5.41, 5.74) is 8.94. The van der Waals surface area contributed by atoms with Crippen LogP contribution in [0.3, 0.4) is 0 Å². The SMILES string of the molecule is CCC1CCN(c2cc3[nH]c(=O)oc3cc2N)C1. The molecule has 1 aromatic heterocycles. The smallest absolute Gasteiger partial charge is 0.408 e. The number of oxazole rings is 1. The molecule has 1 aromatic carbocycles. The lowest BCUT2D eigenvalue weighted by Gasteiger charge is -2.20. The van der Waals surface area contributed by atoms with Crippen molar-refractivity contribution in [2.75, 3.05) is 23.7 Å². The first kappa shape index (κ1) is 11.2. The van der Waals surface area contributed by atoms with Crippen LogP contribution >= 0.6 is 0 Å². The highest BCUT2D eigenvalue weighted by molar-refractivity contribution is 5.85. The van der Waals surface area contributed by atoms with Crippen LogP contribution in [0.4, 0.5) is 11.4 Å². The van der Waals surface area contributed by atoms with Crippen LogP contribution < -0.4 is 16.4 Å². The Morgan fingerprint density at radius 3 is 3.11 bits per heavy atom. The molecule has 1 fully saturated rings. The molecule has 3 rings (SSSR count). The Bertz CT molecular complexity index is 629. The lowest BCUT2D eigenvalue weighted by Crippen LogP contribution is -2.20. The molecule has 18 heavy (non-hydrogen) atoms. The Morgan fingerprint density at radius 1 is 1.56 bits per heavy atom. The average Bonchev–Trinajstić information content (AvgIpc) is 2.92. The van der Waals surface area contributed by atoms with E-state index in [-0.39, 0.29) is 0 Å². The van der Waals surface area contributed by atoms with Gasteiger partial charge in [-0.3, -0.25) is 4.98 Å². The fourth-order valence-electron chi connectivity index (χ4n) is 2.66. The second-order valence-corrected chi connectivity index (χ2v) is 4.93. The lowest BCUT2D eigenvalue weighted by molar-refractivity contribution is 0.555. The van der Waals surface area contributed by atoms with Crippen LogP contribution in [0.5, 0.6) is 0 Å². The summed E-state index contributed by atoms with van der Waals surface area (Å²) in [5, 5.41) is 0. The van der Waals surface area contributed by atoms with Gasteiger partial charge in [-0.25, -0.2) is 4.79 Å². The molecule has 0 aliphatic carbocycles. The number of hydrogen-bond acceptors (Lipinski definition) is 4. The van der Waals surface area contributed by atoms with Gasteiger partial charge in [0.25, 0.3) is 0 Å². The Morgan fingerprint density at radius 2 is 2.39 bits per heavy atom. The largest absolute Gasteiger partial charge is 0.417 e. The van der Waals surface area contributed by atoms with Gasteiger partial charge in [-0.15, -0.1) is 0 Å². The summed E-state index contributed by atoms with van der Waals surface area (Å²) in [4.78, 5) is 16.1. The number of aromatic amines is 1. The highest BCUT2D eigenvalue weighted by Gasteiger charge is 2.23. The van der Waals surface area contributed by atoms with E-state index in [0.717, 1.165) is 24.7 Å². The molecule has 0 saturated carbocycles. The number of anilines is 2. The van der Waals surface area contributed by atoms with E-state index in [4.69, 9.17) is 10.2 Å². The number of nitrogen functional groups attached to an aromatic ring is 1. The van der Waals surface area contributed by atoms with Crippen LogP contribution in [-0.4, -0.2) is 18.1 Å². The first-order chi connectivity index (χ1) is 8.67. The molecule has 0 amide bonds. The Hall–Kier alpha value is -1.91. The average molecular weight is 247 g/mol. The molecule has 1 aliphatic heterocycles. The molecule has 0 bridgehead atoms. The van der Waals surface area contributed by atoms with Crippen LogP contribution in [0.15, 0.2) is 21.3 Å². The van der Waals surface area contributed by atoms with E-state index >= 15 is 0 Å². The van der Waals surface area contributed by atoms with Gasteiger partial charge in [0.15, 0.2) is 5.58 Å². The van der Waals surface area contributed by atoms with Gasteiger partial charge in [0.2, 0.25) is 0 Å². The molecule has 2 heterocycles. The summed E-state index contributed by atoms with van der Waals surface area (Å²) in [5.74, 6) is 0.304. The first-order valence-corrected chi connectivity index (χ1v) is 6.34. The molecule has 2 aromatic rings. The van der Waals surface area contributed by atoms with Gasteiger partial charge in [0.05, 0.1) is 16.9 Å². The molecule has 96 valence electrons. The van der Waals surface area contributed by atoms with Crippen LogP contribution in [-0.2, 0) is 0 Å². The summed E-state index contributed by atoms with van der Waals surface area (Å²) in [6.45, 7) is 4.28. The van der Waals surface area contributed by atoms with Crippen molar-refractivity contribution in [1.29, 1.82) is 0 Å². The third kappa shape index (κ3) is 1.75. The Balaban J connectivity index is 2.01. The number of fused-ring (bicyclic) bond motifs is 1. The van der Waals surface area contributed by atoms with Crippen LogP contribution in [0.2, 0.25) is 0 Å². The number of nitrogens with zero attached hydrogens (tertiary/aromatic N) is 1. The maximum Gasteiger partial charge on any atom is 0.417 e. The van der Waals surface area contributed by atoms with E-state index in [2.05, 4.69) is 16.8 Å². The lowest BCUT2D eigenvalue weighted by atomic mass is 10.1. The van der Waals surface area contributed by atoms with E-state index in [1.807, 2.05) is 6.07 Å². The molecule has 1 unspecified atom stereocenters. The van der Waals surface area contributed by atoms with Gasteiger partial charge in [0.1, 0.15) is 0 Å². The molecule has 0 radical (unpaired) electrons. The van der Waals surface area contributed by atoms with Crippen molar-refractivity contribution in [2.24, 2.45) is 5.92 Å². The fraction of sp³-hybridized carbons (Fsp3) is 0.462. The molecule has 1 aliphatic rings. The van der Waals surface area contributed by atoms with Gasteiger partial charge >= 0.3 is 5.76 Å². The highest BCUT2D eigenvalue weighted by Crippen LogP contribution is 2.32. The number of hydrogen-bond donors (Lipinski definition) is 2. The summed E-state index contributed by atoms with van der Waals surface area (Å²) in [7, 11) is 0. The number of nitrogens with two attached hydrogens (primary N) is 1. The van der Waals surface area contributed by atoms with E-state index in [0.29, 0.717) is 16.8 Å². The van der Waals surface area contributed by atoms with E-state index in [1.165, 1.54) is 12.8 Å². The van der Waals surface area contributed by atoms with Crippen molar-refractivity contribution in [2.45, 2.75) is 19.8 Å². The van der Waals surface area contributed by atoms with Crippen LogP contribution in [0, 0.1) is 5.92 Å². The quantitative estimate of drug-likeness (QED) is 0.795. The van der Waals surface area contributed by atoms with Crippen molar-refractivity contribution >= 4 is 22.5 Å². The third-order valence-electron chi connectivity index (χ3n) is 3.77. The van der Waals surface area contributed by atoms with Gasteiger partial charge in [0, 0.05) is 19.2 Å². The standard InChI is InChI=1S/C13H17N3O2/c1-2-8-3-4-16(7-8)11-6-10-12(5-9(11)14)18-13(17)15-10/h5-6,8H,2-4,7,14H2,1H3,(H,15,17). The molecule has 3 N–H and O–H groups in total. The molecule has 5 heteroatoms. The zero-order chi connectivity index (χ0) is 12.7. The monoisotopic (exact) mass is 247 g/mol. The summed E-state index contributed by atoms with van der Waals surface area (Å²) >= 11 is 0. The first-order valence-electron chi connectivity index (χ1n) is 6.34. The number of rotatable bonds is 2. The Kier molecular flexibility index (Phi) is 2.54. The molecule has 0 spiro atoms.